The Balaban J connectivity index is 1.48. The molecule has 0 spiro atoms. The zero-order valence-corrected chi connectivity index (χ0v) is 17.6. The third kappa shape index (κ3) is 4.52. The van der Waals surface area contributed by atoms with Crippen LogP contribution in [0.4, 0.5) is 4.39 Å². The molecular weight excluding hydrogens is 401 g/mol. The van der Waals surface area contributed by atoms with Gasteiger partial charge < -0.3 is 10.1 Å². The highest BCUT2D eigenvalue weighted by Crippen LogP contribution is 2.29. The lowest BCUT2D eigenvalue weighted by molar-refractivity contribution is 0.0941. The van der Waals surface area contributed by atoms with Gasteiger partial charge in [0.2, 0.25) is 0 Å². The van der Waals surface area contributed by atoms with Crippen molar-refractivity contribution in [3.8, 4) is 16.3 Å². The highest BCUT2D eigenvalue weighted by atomic mass is 32.1. The van der Waals surface area contributed by atoms with E-state index in [1.807, 2.05) is 18.2 Å². The first-order chi connectivity index (χ1) is 14.7. The smallest absolute Gasteiger partial charge is 0.263 e. The van der Waals surface area contributed by atoms with Crippen LogP contribution in [0.5, 0.6) is 5.75 Å². The second-order valence-corrected chi connectivity index (χ2v) is 8.29. The molecule has 30 heavy (non-hydrogen) atoms. The number of nitrogens with one attached hydrogen (secondary N) is 1. The molecule has 1 unspecified atom stereocenters. The molecule has 1 N–H and O–H groups in total. The maximum atomic E-state index is 14.0. The van der Waals surface area contributed by atoms with E-state index in [0.717, 1.165) is 37.2 Å². The molecule has 1 atom stereocenters. The lowest BCUT2D eigenvalue weighted by atomic mass is 10.0. The summed E-state index contributed by atoms with van der Waals surface area (Å²) in [5, 5.41) is 3.55. The molecule has 1 saturated heterocycles. The minimum atomic E-state index is -0.342. The molecule has 1 aliphatic rings. The van der Waals surface area contributed by atoms with E-state index in [9.17, 15) is 9.18 Å². The molecule has 0 radical (unpaired) electrons. The van der Waals surface area contributed by atoms with Crippen molar-refractivity contribution in [1.29, 1.82) is 0 Å². The third-order valence-electron chi connectivity index (χ3n) is 5.35. The number of halogens is 1. The van der Waals surface area contributed by atoms with Crippen LogP contribution >= 0.6 is 11.3 Å². The Kier molecular flexibility index (Phi) is 6.40. The Morgan fingerprint density at radius 3 is 2.80 bits per heavy atom. The van der Waals surface area contributed by atoms with Gasteiger partial charge in [-0.3, -0.25) is 9.69 Å². The number of carbonyl (C=O) groups is 1. The van der Waals surface area contributed by atoms with E-state index in [0.29, 0.717) is 22.0 Å². The van der Waals surface area contributed by atoms with Crippen molar-refractivity contribution in [1.82, 2.24) is 15.2 Å². The van der Waals surface area contributed by atoms with Crippen LogP contribution < -0.4 is 10.1 Å². The first-order valence-corrected chi connectivity index (χ1v) is 10.8. The molecule has 1 aromatic heterocycles. The van der Waals surface area contributed by atoms with Gasteiger partial charge in [-0.15, -0.1) is 11.3 Å². The maximum Gasteiger partial charge on any atom is 0.263 e. The number of methoxy groups -OCH3 is 1. The van der Waals surface area contributed by atoms with E-state index in [1.54, 1.807) is 25.3 Å². The molecule has 3 aromatic rings. The fourth-order valence-electron chi connectivity index (χ4n) is 3.77. The predicted octanol–water partition coefficient (Wildman–Crippen LogP) is 4.52. The zero-order valence-electron chi connectivity index (χ0n) is 16.8. The highest BCUT2D eigenvalue weighted by molar-refractivity contribution is 7.16. The van der Waals surface area contributed by atoms with Gasteiger partial charge in [-0.1, -0.05) is 24.3 Å². The minimum absolute atomic E-state index is 0.0745. The fourth-order valence-corrected chi connectivity index (χ4v) is 4.63. The molecule has 1 amide bonds. The SMILES string of the molecule is COc1cccc(C(CNC(=O)c2cnc(-c3ccccc3F)s2)N2CCCC2)c1. The van der Waals surface area contributed by atoms with Crippen molar-refractivity contribution < 1.29 is 13.9 Å². The van der Waals surface area contributed by atoms with Gasteiger partial charge in [0.1, 0.15) is 21.5 Å². The van der Waals surface area contributed by atoms with E-state index in [2.05, 4.69) is 21.3 Å². The molecule has 2 aromatic carbocycles. The number of ether oxygens (including phenoxy) is 1. The number of carbonyl (C=O) groups excluding carboxylic acids is 1. The molecular formula is C23H24FN3O2S. The van der Waals surface area contributed by atoms with Crippen LogP contribution in [0.1, 0.15) is 34.1 Å². The Morgan fingerprint density at radius 1 is 1.23 bits per heavy atom. The number of aromatic nitrogens is 1. The normalized spacial score (nSPS) is 15.1. The number of amides is 1. The van der Waals surface area contributed by atoms with Gasteiger partial charge in [0, 0.05) is 12.1 Å². The van der Waals surface area contributed by atoms with Crippen LogP contribution in [0.2, 0.25) is 0 Å². The summed E-state index contributed by atoms with van der Waals surface area (Å²) in [4.78, 5) is 19.9. The highest BCUT2D eigenvalue weighted by Gasteiger charge is 2.25. The van der Waals surface area contributed by atoms with Crippen LogP contribution in [-0.4, -0.2) is 42.5 Å². The monoisotopic (exact) mass is 425 g/mol. The minimum Gasteiger partial charge on any atom is -0.497 e. The topological polar surface area (TPSA) is 54.5 Å². The lowest BCUT2D eigenvalue weighted by Gasteiger charge is -2.28. The summed E-state index contributed by atoms with van der Waals surface area (Å²) in [7, 11) is 1.66. The van der Waals surface area contributed by atoms with Crippen LogP contribution in [0, 0.1) is 5.82 Å². The average molecular weight is 426 g/mol. The summed E-state index contributed by atoms with van der Waals surface area (Å²) in [6.45, 7) is 2.50. The Morgan fingerprint density at radius 2 is 2.03 bits per heavy atom. The second-order valence-electron chi connectivity index (χ2n) is 7.26. The van der Waals surface area contributed by atoms with Crippen LogP contribution in [-0.2, 0) is 0 Å². The number of likely N-dealkylation sites (tertiary alicyclic amines) is 1. The number of benzene rings is 2. The van der Waals surface area contributed by atoms with Crippen LogP contribution in [0.15, 0.2) is 54.7 Å². The molecule has 0 bridgehead atoms. The largest absolute Gasteiger partial charge is 0.497 e. The van der Waals surface area contributed by atoms with Crippen LogP contribution in [0.25, 0.3) is 10.6 Å². The number of thiazole rings is 1. The molecule has 0 saturated carbocycles. The molecule has 156 valence electrons. The predicted molar refractivity (Wildman–Crippen MR) is 116 cm³/mol. The van der Waals surface area contributed by atoms with Crippen molar-refractivity contribution in [3.63, 3.8) is 0 Å². The Bertz CT molecular complexity index is 1020. The lowest BCUT2D eigenvalue weighted by Crippen LogP contribution is -2.36. The molecule has 2 heterocycles. The molecule has 7 heteroatoms. The standard InChI is InChI=1S/C23H24FN3O2S/c1-29-17-8-6-7-16(13-17)20(27-11-4-5-12-27)14-25-22(28)21-15-26-23(30-21)18-9-2-3-10-19(18)24/h2-3,6-10,13,15,20H,4-5,11-12,14H2,1H3,(H,25,28). The maximum absolute atomic E-state index is 14.0. The second kappa shape index (κ2) is 9.36. The van der Waals surface area contributed by atoms with Gasteiger partial charge in [0.25, 0.3) is 5.91 Å². The zero-order chi connectivity index (χ0) is 20.9. The van der Waals surface area contributed by atoms with Gasteiger partial charge >= 0.3 is 0 Å². The average Bonchev–Trinajstić information content (AvgIpc) is 3.47. The molecule has 1 fully saturated rings. The van der Waals surface area contributed by atoms with Gasteiger partial charge in [-0.25, -0.2) is 9.37 Å². The molecule has 4 rings (SSSR count). The van der Waals surface area contributed by atoms with Gasteiger partial charge in [-0.2, -0.15) is 0 Å². The van der Waals surface area contributed by atoms with Gasteiger partial charge in [0.05, 0.1) is 19.3 Å². The quantitative estimate of drug-likeness (QED) is 0.605. The van der Waals surface area contributed by atoms with E-state index in [-0.39, 0.29) is 17.8 Å². The van der Waals surface area contributed by atoms with E-state index in [1.165, 1.54) is 23.6 Å². The Hall–Kier alpha value is -2.77. The van der Waals surface area contributed by atoms with Crippen molar-refractivity contribution in [2.45, 2.75) is 18.9 Å². The first-order valence-electron chi connectivity index (χ1n) is 10.0. The van der Waals surface area contributed by atoms with E-state index in [4.69, 9.17) is 4.74 Å². The van der Waals surface area contributed by atoms with Crippen LogP contribution in [0.3, 0.4) is 0 Å². The number of rotatable bonds is 7. The summed E-state index contributed by atoms with van der Waals surface area (Å²) in [5.41, 5.74) is 1.53. The summed E-state index contributed by atoms with van der Waals surface area (Å²) in [6, 6.07) is 14.5. The van der Waals surface area contributed by atoms with Crippen molar-refractivity contribution in [2.24, 2.45) is 0 Å². The third-order valence-corrected chi connectivity index (χ3v) is 6.38. The van der Waals surface area contributed by atoms with Gasteiger partial charge in [-0.05, 0) is 55.8 Å². The summed E-state index contributed by atoms with van der Waals surface area (Å²) in [5.74, 6) is 0.271. The molecule has 5 nitrogen and oxygen atoms in total. The first kappa shape index (κ1) is 20.5. The summed E-state index contributed by atoms with van der Waals surface area (Å²) >= 11 is 1.20. The van der Waals surface area contributed by atoms with E-state index < -0.39 is 0 Å². The number of hydrogen-bond donors (Lipinski definition) is 1. The number of nitrogens with zero attached hydrogens (tertiary/aromatic N) is 2. The van der Waals surface area contributed by atoms with E-state index >= 15 is 0 Å². The molecule has 0 aliphatic carbocycles. The van der Waals surface area contributed by atoms with Gasteiger partial charge in [0.15, 0.2) is 0 Å². The molecule has 1 aliphatic heterocycles. The fraction of sp³-hybridized carbons (Fsp3) is 0.304. The van der Waals surface area contributed by atoms with Crippen molar-refractivity contribution >= 4 is 17.2 Å². The summed E-state index contributed by atoms with van der Waals surface area (Å²) < 4.78 is 19.4. The van der Waals surface area contributed by atoms with Crippen molar-refractivity contribution in [3.05, 3.63) is 71.0 Å². The summed E-state index contributed by atoms with van der Waals surface area (Å²) in [6.07, 6.45) is 3.84. The Labute approximate surface area is 179 Å². The number of hydrogen-bond acceptors (Lipinski definition) is 5. The van der Waals surface area contributed by atoms with Crippen molar-refractivity contribution in [2.75, 3.05) is 26.7 Å².